The summed E-state index contributed by atoms with van der Waals surface area (Å²) in [6, 6.07) is 0. The zero-order chi connectivity index (χ0) is 62.8. The Balaban J connectivity index is 5.16. The summed E-state index contributed by atoms with van der Waals surface area (Å²) in [6.07, 6.45) is 44.4. The Labute approximate surface area is 517 Å². The number of hydrogen-bond acceptors (Lipinski definition) is 15. The number of unbranched alkanes of at least 4 members (excludes halogenated alkanes) is 37. The summed E-state index contributed by atoms with van der Waals surface area (Å²) in [5.41, 5.74) is 0. The lowest BCUT2D eigenvalue weighted by molar-refractivity contribution is -0.161. The lowest BCUT2D eigenvalue weighted by Crippen LogP contribution is -2.30. The van der Waals surface area contributed by atoms with Crippen LogP contribution in [0.3, 0.4) is 0 Å². The molecule has 0 bridgehead atoms. The Morgan fingerprint density at radius 1 is 0.329 bits per heavy atom. The molecule has 504 valence electrons. The number of phosphoric acid groups is 2. The molecule has 0 aliphatic rings. The molecule has 19 heteroatoms. The van der Waals surface area contributed by atoms with Crippen molar-refractivity contribution in [2.75, 3.05) is 39.6 Å². The van der Waals surface area contributed by atoms with Crippen molar-refractivity contribution < 1.29 is 80.2 Å². The highest BCUT2D eigenvalue weighted by Crippen LogP contribution is 2.45. The van der Waals surface area contributed by atoms with Gasteiger partial charge in [-0.2, -0.15) is 0 Å². The molecule has 0 aliphatic heterocycles. The molecule has 0 aliphatic carbocycles. The molecule has 0 radical (unpaired) electrons. The van der Waals surface area contributed by atoms with E-state index in [-0.39, 0.29) is 25.7 Å². The van der Waals surface area contributed by atoms with Gasteiger partial charge < -0.3 is 33.8 Å². The molecule has 17 nitrogen and oxygen atoms in total. The Bertz CT molecular complexity index is 1650. The molecule has 6 atom stereocenters. The van der Waals surface area contributed by atoms with Crippen LogP contribution in [0.2, 0.25) is 0 Å². The average molecular weight is 1260 g/mol. The molecular weight excluding hydrogens is 1130 g/mol. The molecule has 3 N–H and O–H groups in total. The van der Waals surface area contributed by atoms with Gasteiger partial charge in [0.05, 0.1) is 26.4 Å². The lowest BCUT2D eigenvalue weighted by atomic mass is 9.99. The third-order valence-corrected chi connectivity index (χ3v) is 17.5. The van der Waals surface area contributed by atoms with Crippen LogP contribution in [-0.4, -0.2) is 96.7 Å². The fourth-order valence-corrected chi connectivity index (χ4v) is 11.5. The third kappa shape index (κ3) is 59.5. The maximum Gasteiger partial charge on any atom is 0.472 e. The van der Waals surface area contributed by atoms with Gasteiger partial charge >= 0.3 is 39.5 Å². The van der Waals surface area contributed by atoms with Gasteiger partial charge in [0, 0.05) is 25.7 Å². The van der Waals surface area contributed by atoms with Gasteiger partial charge in [-0.1, -0.05) is 285 Å². The van der Waals surface area contributed by atoms with Crippen LogP contribution in [0, 0.1) is 5.92 Å². The van der Waals surface area contributed by atoms with Gasteiger partial charge in [-0.25, -0.2) is 9.13 Å². The molecule has 85 heavy (non-hydrogen) atoms. The number of aliphatic hydroxyl groups is 1. The number of hydrogen-bond donors (Lipinski definition) is 3. The lowest BCUT2D eigenvalue weighted by Gasteiger charge is -2.21. The fraction of sp³-hybridized carbons (Fsp3) is 0.939. The molecule has 0 rings (SSSR count). The summed E-state index contributed by atoms with van der Waals surface area (Å²) >= 11 is 0. The molecular formula is C66H128O17P2. The highest BCUT2D eigenvalue weighted by Gasteiger charge is 2.30. The largest absolute Gasteiger partial charge is 0.472 e. The van der Waals surface area contributed by atoms with Crippen LogP contribution in [0.5, 0.6) is 0 Å². The molecule has 0 spiro atoms. The minimum atomic E-state index is -4.94. The van der Waals surface area contributed by atoms with Crippen LogP contribution in [0.1, 0.15) is 336 Å². The second-order valence-corrected chi connectivity index (χ2v) is 27.0. The predicted octanol–water partition coefficient (Wildman–Crippen LogP) is 18.6. The Hall–Kier alpha value is -1.94. The smallest absolute Gasteiger partial charge is 0.462 e. The van der Waals surface area contributed by atoms with E-state index in [1.807, 2.05) is 0 Å². The van der Waals surface area contributed by atoms with Gasteiger partial charge in [-0.05, 0) is 31.6 Å². The Morgan fingerprint density at radius 2 is 0.565 bits per heavy atom. The van der Waals surface area contributed by atoms with E-state index in [1.165, 1.54) is 148 Å². The number of esters is 4. The molecule has 0 saturated carbocycles. The quantitative estimate of drug-likeness (QED) is 0.0222. The molecule has 0 saturated heterocycles. The van der Waals surface area contributed by atoms with Gasteiger partial charge in [-0.15, -0.1) is 0 Å². The van der Waals surface area contributed by atoms with Crippen molar-refractivity contribution >= 4 is 39.5 Å². The number of ether oxygens (including phenoxy) is 4. The SMILES string of the molecule is CCCCCCCCCCCCC(=O)OC[C@H](COP(=O)(O)OC[C@@H](O)COP(=O)(O)OC[C@@H](COC(=O)CCCCCCCCC)OC(=O)CCCCCCCCCCCC)OC(=O)CCCCCCCCCCCCCCCCC(C)CC. The van der Waals surface area contributed by atoms with Gasteiger partial charge in [-0.3, -0.25) is 37.3 Å². The minimum Gasteiger partial charge on any atom is -0.462 e. The zero-order valence-corrected chi connectivity index (χ0v) is 56.5. The maximum atomic E-state index is 13.0. The molecule has 0 heterocycles. The van der Waals surface area contributed by atoms with E-state index in [0.29, 0.717) is 25.7 Å². The molecule has 0 aromatic heterocycles. The zero-order valence-electron chi connectivity index (χ0n) is 54.7. The first-order chi connectivity index (χ1) is 41.1. The van der Waals surface area contributed by atoms with Crippen LogP contribution in [0.15, 0.2) is 0 Å². The summed E-state index contributed by atoms with van der Waals surface area (Å²) in [4.78, 5) is 72.1. The van der Waals surface area contributed by atoms with Gasteiger partial charge in [0.1, 0.15) is 19.3 Å². The van der Waals surface area contributed by atoms with E-state index in [1.54, 1.807) is 0 Å². The minimum absolute atomic E-state index is 0.106. The number of rotatable bonds is 66. The van der Waals surface area contributed by atoms with Crippen molar-refractivity contribution in [1.82, 2.24) is 0 Å². The van der Waals surface area contributed by atoms with Crippen molar-refractivity contribution in [3.8, 4) is 0 Å². The first kappa shape index (κ1) is 83.1. The van der Waals surface area contributed by atoms with E-state index in [4.69, 9.17) is 37.0 Å². The second kappa shape index (κ2) is 59.7. The first-order valence-corrected chi connectivity index (χ1v) is 37.7. The van der Waals surface area contributed by atoms with Crippen molar-refractivity contribution in [3.05, 3.63) is 0 Å². The highest BCUT2D eigenvalue weighted by atomic mass is 31.2. The Morgan fingerprint density at radius 3 is 0.835 bits per heavy atom. The van der Waals surface area contributed by atoms with Crippen molar-refractivity contribution in [1.29, 1.82) is 0 Å². The number of aliphatic hydroxyl groups excluding tert-OH is 1. The second-order valence-electron chi connectivity index (χ2n) is 24.1. The number of carbonyl (C=O) groups excluding carboxylic acids is 4. The van der Waals surface area contributed by atoms with Crippen molar-refractivity contribution in [2.24, 2.45) is 5.92 Å². The molecule has 0 amide bonds. The summed E-state index contributed by atoms with van der Waals surface area (Å²) < 4.78 is 68.0. The van der Waals surface area contributed by atoms with Gasteiger partial charge in [0.25, 0.3) is 0 Å². The van der Waals surface area contributed by atoms with Crippen LogP contribution in [0.25, 0.3) is 0 Å². The average Bonchev–Trinajstić information content (AvgIpc) is 3.58. The van der Waals surface area contributed by atoms with Gasteiger partial charge in [0.15, 0.2) is 12.2 Å². The van der Waals surface area contributed by atoms with Crippen molar-refractivity contribution in [2.45, 2.75) is 355 Å². The first-order valence-electron chi connectivity index (χ1n) is 34.7. The standard InChI is InChI=1S/C66H128O17P2/c1-6-10-13-16-19-21-30-35-40-45-50-64(69)77-56-62(83-66(71)52-47-42-37-32-28-26-24-23-25-27-29-34-38-43-48-59(5)9-4)58-81-85(74,75)79-54-60(67)53-78-84(72,73)80-57-61(55-76-63(68)49-44-39-33-18-15-12-8-3)82-65(70)51-46-41-36-31-22-20-17-14-11-7-2/h59-62,67H,6-58H2,1-5H3,(H,72,73)(H,74,75)/t59?,60-,61+,62+/m0/s1. The third-order valence-electron chi connectivity index (χ3n) is 15.6. The number of phosphoric ester groups is 2. The molecule has 0 fully saturated rings. The van der Waals surface area contributed by atoms with Crippen LogP contribution >= 0.6 is 15.6 Å². The number of carbonyl (C=O) groups is 4. The molecule has 3 unspecified atom stereocenters. The summed E-state index contributed by atoms with van der Waals surface area (Å²) in [5, 5.41) is 10.5. The van der Waals surface area contributed by atoms with E-state index in [0.717, 1.165) is 109 Å². The van der Waals surface area contributed by atoms with Crippen molar-refractivity contribution in [3.63, 3.8) is 0 Å². The van der Waals surface area contributed by atoms with E-state index in [2.05, 4.69) is 34.6 Å². The summed E-state index contributed by atoms with van der Waals surface area (Å²) in [7, 11) is -9.88. The van der Waals surface area contributed by atoms with Crippen LogP contribution < -0.4 is 0 Å². The molecule has 0 aromatic rings. The van der Waals surface area contributed by atoms with Crippen LogP contribution in [0.4, 0.5) is 0 Å². The summed E-state index contributed by atoms with van der Waals surface area (Å²) in [6.45, 7) is 7.21. The summed E-state index contributed by atoms with van der Waals surface area (Å²) in [5.74, 6) is -1.29. The topological polar surface area (TPSA) is 237 Å². The maximum absolute atomic E-state index is 13.0. The molecule has 0 aromatic carbocycles. The normalized spacial score (nSPS) is 14.5. The van der Waals surface area contributed by atoms with E-state index >= 15 is 0 Å². The van der Waals surface area contributed by atoms with Gasteiger partial charge in [0.2, 0.25) is 0 Å². The Kier molecular flexibility index (Phi) is 58.3. The monoisotopic (exact) mass is 1250 g/mol. The van der Waals surface area contributed by atoms with E-state index < -0.39 is 97.5 Å². The predicted molar refractivity (Wildman–Crippen MR) is 340 cm³/mol. The highest BCUT2D eigenvalue weighted by molar-refractivity contribution is 7.47. The van der Waals surface area contributed by atoms with E-state index in [9.17, 15) is 43.2 Å². The fourth-order valence-electron chi connectivity index (χ4n) is 9.90. The van der Waals surface area contributed by atoms with Crippen LogP contribution in [-0.2, 0) is 65.4 Å².